The van der Waals surface area contributed by atoms with Gasteiger partial charge in [0.05, 0.1) is 6.61 Å². The van der Waals surface area contributed by atoms with Crippen LogP contribution in [0.25, 0.3) is 0 Å². The van der Waals surface area contributed by atoms with Crippen LogP contribution in [0.4, 0.5) is 11.6 Å². The molecule has 2 heterocycles. The third-order valence-electron chi connectivity index (χ3n) is 4.41. The summed E-state index contributed by atoms with van der Waals surface area (Å²) in [4.78, 5) is 12.0. The first-order chi connectivity index (χ1) is 10.2. The normalized spacial score (nSPS) is 21.9. The first-order valence-corrected chi connectivity index (χ1v) is 8.09. The molecule has 1 aliphatic carbocycles. The molecule has 1 atom stereocenters. The van der Waals surface area contributed by atoms with Gasteiger partial charge in [0.25, 0.3) is 0 Å². The Bertz CT molecular complexity index is 501. The summed E-state index contributed by atoms with van der Waals surface area (Å²) in [6.07, 6.45) is 3.66. The summed E-state index contributed by atoms with van der Waals surface area (Å²) in [7, 11) is 1.78. The van der Waals surface area contributed by atoms with Gasteiger partial charge in [-0.3, -0.25) is 0 Å². The summed E-state index contributed by atoms with van der Waals surface area (Å²) in [5.74, 6) is 4.37. The van der Waals surface area contributed by atoms with Gasteiger partial charge in [-0.1, -0.05) is 0 Å². The highest BCUT2D eigenvalue weighted by Gasteiger charge is 2.31. The molecule has 3 rings (SSSR count). The van der Waals surface area contributed by atoms with Crippen molar-refractivity contribution < 1.29 is 4.74 Å². The molecule has 2 fully saturated rings. The number of methoxy groups -OCH3 is 1. The van der Waals surface area contributed by atoms with Gasteiger partial charge in [-0.15, -0.1) is 0 Å². The molecule has 0 aromatic carbocycles. The molecule has 1 aromatic heterocycles. The summed E-state index contributed by atoms with van der Waals surface area (Å²) < 4.78 is 5.30. The van der Waals surface area contributed by atoms with Crippen LogP contribution in [0.2, 0.25) is 0 Å². The van der Waals surface area contributed by atoms with Crippen LogP contribution in [0.5, 0.6) is 0 Å². The Hall–Kier alpha value is -1.36. The molecule has 0 amide bonds. The summed E-state index contributed by atoms with van der Waals surface area (Å²) >= 11 is 0. The Labute approximate surface area is 127 Å². The average molecular weight is 290 g/mol. The predicted molar refractivity (Wildman–Crippen MR) is 85.1 cm³/mol. The van der Waals surface area contributed by atoms with Crippen molar-refractivity contribution in [3.8, 4) is 0 Å². The lowest BCUT2D eigenvalue weighted by molar-refractivity contribution is 0.161. The zero-order valence-corrected chi connectivity index (χ0v) is 13.4. The molecule has 1 N–H and O–H groups in total. The van der Waals surface area contributed by atoms with Crippen LogP contribution in [0.3, 0.4) is 0 Å². The van der Waals surface area contributed by atoms with Gasteiger partial charge in [0, 0.05) is 44.1 Å². The molecule has 0 radical (unpaired) electrons. The van der Waals surface area contributed by atoms with Crippen molar-refractivity contribution in [1.82, 2.24) is 9.97 Å². The van der Waals surface area contributed by atoms with E-state index in [-0.39, 0.29) is 0 Å². The fraction of sp³-hybridized carbons (Fsp3) is 0.750. The van der Waals surface area contributed by atoms with Crippen molar-refractivity contribution in [2.45, 2.75) is 39.0 Å². The van der Waals surface area contributed by atoms with Gasteiger partial charge in [-0.05, 0) is 33.1 Å². The zero-order chi connectivity index (χ0) is 14.8. The monoisotopic (exact) mass is 290 g/mol. The number of ether oxygens (including phenoxy) is 1. The number of hydrogen-bond donors (Lipinski definition) is 1. The van der Waals surface area contributed by atoms with E-state index < -0.39 is 0 Å². The quantitative estimate of drug-likeness (QED) is 0.872. The average Bonchev–Trinajstić information content (AvgIpc) is 3.22. The maximum atomic E-state index is 5.30. The Kier molecular flexibility index (Phi) is 4.29. The minimum absolute atomic E-state index is 0.583. The van der Waals surface area contributed by atoms with Gasteiger partial charge in [-0.25, -0.2) is 9.97 Å². The van der Waals surface area contributed by atoms with E-state index in [1.54, 1.807) is 7.11 Å². The van der Waals surface area contributed by atoms with Crippen molar-refractivity contribution >= 4 is 11.6 Å². The molecule has 116 valence electrons. The van der Waals surface area contributed by atoms with Crippen molar-refractivity contribution in [2.75, 3.05) is 43.6 Å². The summed E-state index contributed by atoms with van der Waals surface area (Å²) in [5, 5.41) is 3.40. The van der Waals surface area contributed by atoms with Gasteiger partial charge >= 0.3 is 0 Å². The fourth-order valence-electron chi connectivity index (χ4n) is 3.09. The van der Waals surface area contributed by atoms with Crippen LogP contribution in [0, 0.1) is 12.8 Å². The van der Waals surface area contributed by atoms with E-state index in [0.29, 0.717) is 11.8 Å². The molecule has 21 heavy (non-hydrogen) atoms. The molecule has 1 unspecified atom stereocenters. The molecule has 0 spiro atoms. The summed E-state index contributed by atoms with van der Waals surface area (Å²) in [6, 6.07) is 0. The number of aromatic nitrogens is 2. The third kappa shape index (κ3) is 3.12. The lowest BCUT2D eigenvalue weighted by Crippen LogP contribution is -2.24. The van der Waals surface area contributed by atoms with Crippen molar-refractivity contribution in [2.24, 2.45) is 5.92 Å². The first-order valence-electron chi connectivity index (χ1n) is 8.09. The maximum absolute atomic E-state index is 5.30. The maximum Gasteiger partial charge on any atom is 0.137 e. The second-order valence-electron chi connectivity index (χ2n) is 6.24. The number of rotatable bonds is 6. The van der Waals surface area contributed by atoms with Gasteiger partial charge in [0.2, 0.25) is 0 Å². The largest absolute Gasteiger partial charge is 0.384 e. The Morgan fingerprint density at radius 2 is 2.10 bits per heavy atom. The highest BCUT2D eigenvalue weighted by Crippen LogP contribution is 2.40. The topological polar surface area (TPSA) is 50.3 Å². The second-order valence-corrected chi connectivity index (χ2v) is 6.24. The number of hydrogen-bond acceptors (Lipinski definition) is 5. The zero-order valence-electron chi connectivity index (χ0n) is 13.4. The highest BCUT2D eigenvalue weighted by molar-refractivity contribution is 5.59. The second kappa shape index (κ2) is 6.18. The van der Waals surface area contributed by atoms with Crippen molar-refractivity contribution in [3.63, 3.8) is 0 Å². The molecule has 1 aliphatic heterocycles. The molecule has 2 aliphatic rings. The summed E-state index contributed by atoms with van der Waals surface area (Å²) in [6.45, 7) is 8.10. The molecule has 1 saturated heterocycles. The predicted octanol–water partition coefficient (Wildman–Crippen LogP) is 2.57. The highest BCUT2D eigenvalue weighted by atomic mass is 16.5. The lowest BCUT2D eigenvalue weighted by Gasteiger charge is -2.22. The third-order valence-corrected chi connectivity index (χ3v) is 4.41. The van der Waals surface area contributed by atoms with E-state index in [0.717, 1.165) is 43.7 Å². The van der Waals surface area contributed by atoms with Crippen LogP contribution < -0.4 is 10.2 Å². The van der Waals surface area contributed by atoms with E-state index in [1.165, 1.54) is 24.8 Å². The Morgan fingerprint density at radius 1 is 1.29 bits per heavy atom. The molecule has 1 aromatic rings. The van der Waals surface area contributed by atoms with Gasteiger partial charge in [0.15, 0.2) is 0 Å². The molecule has 1 saturated carbocycles. The molecular weight excluding hydrogens is 264 g/mol. The number of nitrogens with one attached hydrogen (secondary N) is 1. The Balaban J connectivity index is 1.86. The molecule has 5 heteroatoms. The standard InChI is InChI=1S/C16H26N4O/c1-4-17-14-11(2)16(19-15(18-14)13-5-6-13)20-8-7-12(9-20)10-21-3/h12-13H,4-10H2,1-3H3,(H,17,18,19). The van der Waals surface area contributed by atoms with Gasteiger partial charge in [0.1, 0.15) is 17.5 Å². The van der Waals surface area contributed by atoms with E-state index in [9.17, 15) is 0 Å². The molecule has 0 bridgehead atoms. The van der Waals surface area contributed by atoms with Crippen LogP contribution >= 0.6 is 0 Å². The van der Waals surface area contributed by atoms with E-state index >= 15 is 0 Å². The van der Waals surface area contributed by atoms with Gasteiger partial charge in [-0.2, -0.15) is 0 Å². The molecule has 5 nitrogen and oxygen atoms in total. The van der Waals surface area contributed by atoms with Crippen molar-refractivity contribution in [1.29, 1.82) is 0 Å². The van der Waals surface area contributed by atoms with Crippen molar-refractivity contribution in [3.05, 3.63) is 11.4 Å². The van der Waals surface area contributed by atoms with Gasteiger partial charge < -0.3 is 15.0 Å². The SMILES string of the molecule is CCNc1nc(C2CC2)nc(N2CCC(COC)C2)c1C. The fourth-order valence-corrected chi connectivity index (χ4v) is 3.09. The number of anilines is 2. The van der Waals surface area contributed by atoms with E-state index in [4.69, 9.17) is 14.7 Å². The number of nitrogens with zero attached hydrogens (tertiary/aromatic N) is 3. The smallest absolute Gasteiger partial charge is 0.137 e. The van der Waals surface area contributed by atoms with Crippen LogP contribution in [-0.2, 0) is 4.74 Å². The van der Waals surface area contributed by atoms with E-state index in [1.807, 2.05) is 0 Å². The summed E-state index contributed by atoms with van der Waals surface area (Å²) in [5.41, 5.74) is 1.18. The van der Waals surface area contributed by atoms with Crippen LogP contribution in [0.1, 0.15) is 43.5 Å². The lowest BCUT2D eigenvalue weighted by atomic mass is 10.1. The van der Waals surface area contributed by atoms with Crippen LogP contribution in [0.15, 0.2) is 0 Å². The molecular formula is C16H26N4O. The minimum atomic E-state index is 0.583. The minimum Gasteiger partial charge on any atom is -0.384 e. The first kappa shape index (κ1) is 14.6. The van der Waals surface area contributed by atoms with E-state index in [2.05, 4.69) is 24.1 Å². The Morgan fingerprint density at radius 3 is 2.76 bits per heavy atom. The van der Waals surface area contributed by atoms with Crippen LogP contribution in [-0.4, -0.2) is 43.3 Å².